The van der Waals surface area contributed by atoms with Gasteiger partial charge in [0.1, 0.15) is 0 Å². The molecule has 1 saturated heterocycles. The van der Waals surface area contributed by atoms with E-state index in [-0.39, 0.29) is 22.7 Å². The highest BCUT2D eigenvalue weighted by atomic mass is 32.2. The maximum atomic E-state index is 13.6. The highest BCUT2D eigenvalue weighted by Crippen LogP contribution is 2.42. The van der Waals surface area contributed by atoms with Crippen LogP contribution in [0.3, 0.4) is 0 Å². The number of hydrogen-bond donors (Lipinski definition) is 1. The van der Waals surface area contributed by atoms with E-state index in [1.807, 2.05) is 37.3 Å². The number of aryl methyl sites for hydroxylation is 1. The van der Waals surface area contributed by atoms with Crippen molar-refractivity contribution in [2.24, 2.45) is 5.92 Å². The Labute approximate surface area is 202 Å². The zero-order valence-electron chi connectivity index (χ0n) is 19.5. The first-order valence-corrected chi connectivity index (χ1v) is 14.3. The largest absolute Gasteiger partial charge is 0.481 e. The number of carboxylic acids is 1. The van der Waals surface area contributed by atoms with Crippen molar-refractivity contribution in [2.75, 3.05) is 12.3 Å². The summed E-state index contributed by atoms with van der Waals surface area (Å²) in [5.41, 5.74) is 1.89. The molecule has 0 spiro atoms. The molecule has 0 aromatic heterocycles. The Bertz CT molecular complexity index is 993. The van der Waals surface area contributed by atoms with Crippen molar-refractivity contribution < 1.29 is 18.3 Å². The van der Waals surface area contributed by atoms with E-state index in [0.29, 0.717) is 6.42 Å². The first-order chi connectivity index (χ1) is 15.8. The van der Waals surface area contributed by atoms with Crippen LogP contribution in [0.15, 0.2) is 59.5 Å². The van der Waals surface area contributed by atoms with Gasteiger partial charge in [-0.05, 0) is 43.2 Å². The summed E-state index contributed by atoms with van der Waals surface area (Å²) in [6.07, 6.45) is 6.34. The highest BCUT2D eigenvalue weighted by molar-refractivity contribution is 7.99. The summed E-state index contributed by atoms with van der Waals surface area (Å²) in [6, 6.07) is 16.0. The molecule has 1 aliphatic heterocycles. The van der Waals surface area contributed by atoms with Crippen LogP contribution in [0.1, 0.15) is 62.6 Å². The number of thioether (sulfide) groups is 1. The predicted molar refractivity (Wildman–Crippen MR) is 135 cm³/mol. The fraction of sp³-hybridized carbons (Fsp3) is 0.500. The van der Waals surface area contributed by atoms with Crippen LogP contribution in [-0.4, -0.2) is 41.3 Å². The number of piperidine rings is 1. The number of carbonyl (C=O) groups is 1. The molecule has 1 fully saturated rings. The molecule has 1 aliphatic rings. The molecule has 0 saturated carbocycles. The van der Waals surface area contributed by atoms with Crippen LogP contribution in [0.5, 0.6) is 0 Å². The van der Waals surface area contributed by atoms with Crippen LogP contribution in [0.25, 0.3) is 0 Å². The Hall–Kier alpha value is -1.83. The maximum Gasteiger partial charge on any atom is 0.308 e. The third-order valence-electron chi connectivity index (χ3n) is 6.34. The molecule has 1 heterocycles. The molecule has 0 amide bonds. The SMILES string of the molecule is CCCCCCCS[C@@H]1C[C@@H](c2ccccc2)N(S(=O)(=O)c2ccc(C)cc2)C[C@H]1C(=O)O. The number of hydrogen-bond acceptors (Lipinski definition) is 4. The third-order valence-corrected chi connectivity index (χ3v) is 9.70. The summed E-state index contributed by atoms with van der Waals surface area (Å²) in [4.78, 5) is 12.4. The molecular formula is C26H35NO4S2. The van der Waals surface area contributed by atoms with Crippen molar-refractivity contribution in [1.29, 1.82) is 0 Å². The molecule has 3 rings (SSSR count). The molecule has 1 N–H and O–H groups in total. The van der Waals surface area contributed by atoms with E-state index in [9.17, 15) is 18.3 Å². The third kappa shape index (κ3) is 6.61. The van der Waals surface area contributed by atoms with Gasteiger partial charge in [-0.1, -0.05) is 80.6 Å². The Balaban J connectivity index is 1.86. The minimum atomic E-state index is -3.84. The Morgan fingerprint density at radius 3 is 2.33 bits per heavy atom. The van der Waals surface area contributed by atoms with Gasteiger partial charge < -0.3 is 5.11 Å². The number of aliphatic carboxylic acids is 1. The fourth-order valence-corrected chi connectivity index (χ4v) is 7.47. The summed E-state index contributed by atoms with van der Waals surface area (Å²) in [7, 11) is -3.84. The lowest BCUT2D eigenvalue weighted by Gasteiger charge is -2.41. The summed E-state index contributed by atoms with van der Waals surface area (Å²) >= 11 is 1.70. The van der Waals surface area contributed by atoms with Gasteiger partial charge in [0.05, 0.1) is 16.9 Å². The molecule has 33 heavy (non-hydrogen) atoms. The van der Waals surface area contributed by atoms with E-state index in [1.165, 1.54) is 23.6 Å². The second-order valence-corrected chi connectivity index (χ2v) is 12.1. The lowest BCUT2D eigenvalue weighted by molar-refractivity contribution is -0.143. The van der Waals surface area contributed by atoms with Gasteiger partial charge in [-0.15, -0.1) is 0 Å². The van der Waals surface area contributed by atoms with Crippen molar-refractivity contribution in [3.05, 3.63) is 65.7 Å². The van der Waals surface area contributed by atoms with Crippen molar-refractivity contribution in [2.45, 2.75) is 68.6 Å². The predicted octanol–water partition coefficient (Wildman–Crippen LogP) is 5.90. The monoisotopic (exact) mass is 489 g/mol. The molecule has 2 aromatic carbocycles. The van der Waals surface area contributed by atoms with E-state index in [4.69, 9.17) is 0 Å². The lowest BCUT2D eigenvalue weighted by atomic mass is 9.90. The second kappa shape index (κ2) is 12.0. The zero-order chi connectivity index (χ0) is 23.8. The van der Waals surface area contributed by atoms with E-state index < -0.39 is 21.9 Å². The average molecular weight is 490 g/mol. The van der Waals surface area contributed by atoms with Gasteiger partial charge in [0.2, 0.25) is 10.0 Å². The minimum Gasteiger partial charge on any atom is -0.481 e. The molecule has 3 atom stereocenters. The summed E-state index contributed by atoms with van der Waals surface area (Å²) < 4.78 is 28.7. The number of rotatable bonds is 11. The van der Waals surface area contributed by atoms with E-state index in [0.717, 1.165) is 29.7 Å². The molecule has 2 aromatic rings. The Morgan fingerprint density at radius 1 is 1.03 bits per heavy atom. The van der Waals surface area contributed by atoms with Crippen LogP contribution in [0, 0.1) is 12.8 Å². The quantitative estimate of drug-likeness (QED) is 0.398. The van der Waals surface area contributed by atoms with Crippen molar-refractivity contribution >= 4 is 27.8 Å². The summed E-state index contributed by atoms with van der Waals surface area (Å²) in [5, 5.41) is 9.87. The molecular weight excluding hydrogens is 454 g/mol. The van der Waals surface area contributed by atoms with Gasteiger partial charge in [-0.25, -0.2) is 8.42 Å². The van der Waals surface area contributed by atoms with Gasteiger partial charge in [0, 0.05) is 11.8 Å². The normalized spacial score (nSPS) is 21.7. The van der Waals surface area contributed by atoms with E-state index in [1.54, 1.807) is 36.0 Å². The van der Waals surface area contributed by atoms with Crippen LogP contribution in [0.4, 0.5) is 0 Å². The van der Waals surface area contributed by atoms with E-state index in [2.05, 4.69) is 6.92 Å². The maximum absolute atomic E-state index is 13.6. The van der Waals surface area contributed by atoms with Gasteiger partial charge in [-0.2, -0.15) is 16.1 Å². The van der Waals surface area contributed by atoms with Crippen molar-refractivity contribution in [3.8, 4) is 0 Å². The molecule has 0 aliphatic carbocycles. The first-order valence-electron chi connectivity index (χ1n) is 11.8. The van der Waals surface area contributed by atoms with Crippen LogP contribution < -0.4 is 0 Å². The number of nitrogens with zero attached hydrogens (tertiary/aromatic N) is 1. The zero-order valence-corrected chi connectivity index (χ0v) is 21.2. The molecule has 5 nitrogen and oxygen atoms in total. The number of unbranched alkanes of at least 4 members (excludes halogenated alkanes) is 4. The first kappa shape index (κ1) is 25.8. The smallest absolute Gasteiger partial charge is 0.308 e. The number of benzene rings is 2. The molecule has 0 radical (unpaired) electrons. The van der Waals surface area contributed by atoms with Gasteiger partial charge in [0.15, 0.2) is 0 Å². The van der Waals surface area contributed by atoms with E-state index >= 15 is 0 Å². The van der Waals surface area contributed by atoms with Crippen molar-refractivity contribution in [3.63, 3.8) is 0 Å². The molecule has 0 unspecified atom stereocenters. The highest BCUT2D eigenvalue weighted by Gasteiger charge is 2.45. The fourth-order valence-electron chi connectivity index (χ4n) is 4.39. The topological polar surface area (TPSA) is 74.7 Å². The second-order valence-electron chi connectivity index (χ2n) is 8.82. The van der Waals surface area contributed by atoms with Crippen LogP contribution >= 0.6 is 11.8 Å². The number of carboxylic acid groups (broad SMARTS) is 1. The van der Waals surface area contributed by atoms with Crippen molar-refractivity contribution in [1.82, 2.24) is 4.31 Å². The average Bonchev–Trinajstić information content (AvgIpc) is 2.81. The van der Waals surface area contributed by atoms with Crippen LogP contribution in [0.2, 0.25) is 0 Å². The molecule has 7 heteroatoms. The van der Waals surface area contributed by atoms with Gasteiger partial charge in [-0.3, -0.25) is 4.79 Å². The van der Waals surface area contributed by atoms with Crippen LogP contribution in [-0.2, 0) is 14.8 Å². The molecule has 180 valence electrons. The standard InChI is InChI=1S/C26H35NO4S2/c1-3-4-5-6-10-17-32-25-18-24(21-11-8-7-9-12-21)27(19-23(25)26(28)29)33(30,31)22-15-13-20(2)14-16-22/h7-9,11-16,23-25H,3-6,10,17-19H2,1-2H3,(H,28,29)/t23-,24+,25-/m1/s1. The minimum absolute atomic E-state index is 0.0153. The summed E-state index contributed by atoms with van der Waals surface area (Å²) in [5.74, 6) is -0.746. The summed E-state index contributed by atoms with van der Waals surface area (Å²) in [6.45, 7) is 4.08. The van der Waals surface area contributed by atoms with Gasteiger partial charge >= 0.3 is 5.97 Å². The Morgan fingerprint density at radius 2 is 1.70 bits per heavy atom. The number of sulfonamides is 1. The van der Waals surface area contributed by atoms with Gasteiger partial charge in [0.25, 0.3) is 0 Å². The Kier molecular flexibility index (Phi) is 9.41. The lowest BCUT2D eigenvalue weighted by Crippen LogP contribution is -2.49. The molecule has 0 bridgehead atoms.